The van der Waals surface area contributed by atoms with Gasteiger partial charge in [-0.15, -0.1) is 0 Å². The molecule has 0 bridgehead atoms. The van der Waals surface area contributed by atoms with Crippen molar-refractivity contribution in [2.45, 2.75) is 64.0 Å². The number of nitrogens with two attached hydrogens (primary N) is 1. The van der Waals surface area contributed by atoms with E-state index in [1.807, 2.05) is 0 Å². The highest BCUT2D eigenvalue weighted by molar-refractivity contribution is 5.85. The predicted molar refractivity (Wildman–Crippen MR) is 85.2 cm³/mol. The molecule has 1 aromatic carbocycles. The molecular weight excluding hydrogens is 283 g/mol. The number of carbonyl (C=O) groups excluding carboxylic acids is 1. The van der Waals surface area contributed by atoms with Gasteiger partial charge >= 0.3 is 6.09 Å². The van der Waals surface area contributed by atoms with E-state index >= 15 is 0 Å². The fourth-order valence-corrected chi connectivity index (χ4v) is 2.82. The molecule has 22 heavy (non-hydrogen) atoms. The second-order valence-corrected chi connectivity index (χ2v) is 7.04. The fraction of sp³-hybridized carbons (Fsp3) is 0.588. The van der Waals surface area contributed by atoms with Crippen LogP contribution in [0, 0.1) is 5.82 Å². The number of benzene rings is 1. The van der Waals surface area contributed by atoms with Crippen LogP contribution in [0.3, 0.4) is 0 Å². The van der Waals surface area contributed by atoms with Gasteiger partial charge in [0, 0.05) is 5.54 Å². The van der Waals surface area contributed by atoms with Crippen molar-refractivity contribution in [1.29, 1.82) is 0 Å². The normalized spacial score (nSPS) is 17.9. The van der Waals surface area contributed by atoms with Gasteiger partial charge in [0.2, 0.25) is 0 Å². The average Bonchev–Trinajstić information content (AvgIpc) is 2.40. The van der Waals surface area contributed by atoms with Gasteiger partial charge in [0.15, 0.2) is 0 Å². The molecule has 122 valence electrons. The lowest BCUT2D eigenvalue weighted by molar-refractivity contribution is 0.0635. The molecule has 0 unspecified atom stereocenters. The molecule has 1 aliphatic carbocycles. The molecule has 3 N–H and O–H groups in total. The minimum Gasteiger partial charge on any atom is -0.444 e. The molecular formula is C17H25FN2O2. The van der Waals surface area contributed by atoms with E-state index in [0.717, 1.165) is 31.2 Å². The highest BCUT2D eigenvalue weighted by atomic mass is 19.1. The second-order valence-electron chi connectivity index (χ2n) is 7.04. The molecule has 0 radical (unpaired) electrons. The Bertz CT molecular complexity index is 546. The molecule has 0 atom stereocenters. The van der Waals surface area contributed by atoms with E-state index in [-0.39, 0.29) is 5.69 Å². The number of ether oxygens (including phenoxy) is 1. The highest BCUT2D eigenvalue weighted by Crippen LogP contribution is 2.36. The van der Waals surface area contributed by atoms with Crippen molar-refractivity contribution in [2.75, 3.05) is 5.32 Å². The Morgan fingerprint density at radius 3 is 2.50 bits per heavy atom. The maximum atomic E-state index is 13.9. The van der Waals surface area contributed by atoms with Crippen molar-refractivity contribution >= 4 is 11.8 Å². The van der Waals surface area contributed by atoms with Crippen molar-refractivity contribution in [2.24, 2.45) is 5.73 Å². The van der Waals surface area contributed by atoms with Gasteiger partial charge in [-0.3, -0.25) is 5.32 Å². The topological polar surface area (TPSA) is 64.3 Å². The molecule has 0 heterocycles. The number of nitrogens with one attached hydrogen (secondary N) is 1. The molecule has 5 heteroatoms. The highest BCUT2D eigenvalue weighted by Gasteiger charge is 2.30. The molecule has 1 saturated carbocycles. The van der Waals surface area contributed by atoms with E-state index in [1.54, 1.807) is 32.9 Å². The Morgan fingerprint density at radius 2 is 1.91 bits per heavy atom. The molecule has 1 aromatic rings. The van der Waals surface area contributed by atoms with Crippen molar-refractivity contribution in [1.82, 2.24) is 0 Å². The molecule has 0 spiro atoms. The first-order valence-corrected chi connectivity index (χ1v) is 7.79. The number of halogens is 1. The molecule has 0 aromatic heterocycles. The molecule has 0 saturated heterocycles. The van der Waals surface area contributed by atoms with Crippen LogP contribution in [-0.4, -0.2) is 11.7 Å². The van der Waals surface area contributed by atoms with Crippen molar-refractivity contribution in [3.8, 4) is 0 Å². The summed E-state index contributed by atoms with van der Waals surface area (Å²) in [6, 6.07) is 4.69. The third-order valence-corrected chi connectivity index (χ3v) is 3.92. The lowest BCUT2D eigenvalue weighted by atomic mass is 9.77. The van der Waals surface area contributed by atoms with Crippen LogP contribution in [0.1, 0.15) is 58.4 Å². The maximum Gasteiger partial charge on any atom is 0.412 e. The predicted octanol–water partition coefficient (Wildman–Crippen LogP) is 4.29. The quantitative estimate of drug-likeness (QED) is 0.856. The number of anilines is 1. The third kappa shape index (κ3) is 4.19. The summed E-state index contributed by atoms with van der Waals surface area (Å²) in [5.74, 6) is -0.492. The van der Waals surface area contributed by atoms with Gasteiger partial charge in [-0.05, 0) is 51.3 Å². The first kappa shape index (κ1) is 16.7. The zero-order valence-electron chi connectivity index (χ0n) is 13.5. The van der Waals surface area contributed by atoms with Crippen LogP contribution in [0.2, 0.25) is 0 Å². The molecule has 2 rings (SSSR count). The average molecular weight is 308 g/mol. The molecule has 1 fully saturated rings. The summed E-state index contributed by atoms with van der Waals surface area (Å²) in [5.41, 5.74) is 6.38. The summed E-state index contributed by atoms with van der Waals surface area (Å²) in [5, 5.41) is 2.47. The Labute approximate surface area is 131 Å². The van der Waals surface area contributed by atoms with Crippen molar-refractivity contribution in [3.05, 3.63) is 29.6 Å². The van der Waals surface area contributed by atoms with Gasteiger partial charge in [0.25, 0.3) is 0 Å². The Morgan fingerprint density at radius 1 is 1.27 bits per heavy atom. The summed E-state index contributed by atoms with van der Waals surface area (Å²) in [7, 11) is 0. The second kappa shape index (κ2) is 6.24. The number of amides is 1. The Kier molecular flexibility index (Phi) is 4.75. The van der Waals surface area contributed by atoms with Crippen LogP contribution in [0.25, 0.3) is 0 Å². The number of hydrogen-bond acceptors (Lipinski definition) is 3. The number of hydrogen-bond donors (Lipinski definition) is 2. The van der Waals surface area contributed by atoms with Gasteiger partial charge in [-0.1, -0.05) is 25.3 Å². The van der Waals surface area contributed by atoms with Crippen LogP contribution in [0.15, 0.2) is 18.2 Å². The van der Waals surface area contributed by atoms with Crippen LogP contribution < -0.4 is 11.1 Å². The summed E-state index contributed by atoms with van der Waals surface area (Å²) >= 11 is 0. The largest absolute Gasteiger partial charge is 0.444 e. The van der Waals surface area contributed by atoms with Gasteiger partial charge in [0.05, 0.1) is 5.69 Å². The molecule has 4 nitrogen and oxygen atoms in total. The van der Waals surface area contributed by atoms with E-state index in [4.69, 9.17) is 10.5 Å². The zero-order chi connectivity index (χ0) is 16.4. The van der Waals surface area contributed by atoms with E-state index in [1.165, 1.54) is 12.5 Å². The lowest BCUT2D eigenvalue weighted by Gasteiger charge is -2.34. The monoisotopic (exact) mass is 308 g/mol. The number of rotatable bonds is 2. The van der Waals surface area contributed by atoms with Crippen molar-refractivity contribution in [3.63, 3.8) is 0 Å². The van der Waals surface area contributed by atoms with E-state index in [0.29, 0.717) is 0 Å². The van der Waals surface area contributed by atoms with Gasteiger partial charge in [0.1, 0.15) is 11.4 Å². The van der Waals surface area contributed by atoms with Crippen LogP contribution >= 0.6 is 0 Å². The molecule has 0 aliphatic heterocycles. The van der Waals surface area contributed by atoms with Crippen LogP contribution in [-0.2, 0) is 10.3 Å². The van der Waals surface area contributed by atoms with Crippen molar-refractivity contribution < 1.29 is 13.9 Å². The van der Waals surface area contributed by atoms with Gasteiger partial charge in [-0.2, -0.15) is 0 Å². The number of carbonyl (C=O) groups is 1. The Balaban J connectivity index is 2.18. The van der Waals surface area contributed by atoms with Gasteiger partial charge in [-0.25, -0.2) is 9.18 Å². The van der Waals surface area contributed by atoms with Crippen LogP contribution in [0.5, 0.6) is 0 Å². The third-order valence-electron chi connectivity index (χ3n) is 3.92. The summed E-state index contributed by atoms with van der Waals surface area (Å²) in [6.07, 6.45) is 4.42. The van der Waals surface area contributed by atoms with Gasteiger partial charge < -0.3 is 10.5 Å². The van der Waals surface area contributed by atoms with E-state index < -0.39 is 23.1 Å². The van der Waals surface area contributed by atoms with E-state index in [2.05, 4.69) is 5.32 Å². The Hall–Kier alpha value is -1.62. The SMILES string of the molecule is CC(C)(C)OC(=O)Nc1cc(C2(N)CCCCC2)ccc1F. The summed E-state index contributed by atoms with van der Waals surface area (Å²) < 4.78 is 19.1. The maximum absolute atomic E-state index is 13.9. The van der Waals surface area contributed by atoms with E-state index in [9.17, 15) is 9.18 Å². The minimum absolute atomic E-state index is 0.113. The smallest absolute Gasteiger partial charge is 0.412 e. The first-order valence-electron chi connectivity index (χ1n) is 7.79. The minimum atomic E-state index is -0.668. The summed E-state index contributed by atoms with van der Waals surface area (Å²) in [6.45, 7) is 5.28. The lowest BCUT2D eigenvalue weighted by Crippen LogP contribution is -2.38. The van der Waals surface area contributed by atoms with Crippen LogP contribution in [0.4, 0.5) is 14.9 Å². The standard InChI is InChI=1S/C17H25FN2O2/c1-16(2,3)22-15(21)20-14-11-12(7-8-13(14)18)17(19)9-5-4-6-10-17/h7-8,11H,4-6,9-10,19H2,1-3H3,(H,20,21). The molecule has 1 amide bonds. The summed E-state index contributed by atoms with van der Waals surface area (Å²) in [4.78, 5) is 11.8. The fourth-order valence-electron chi connectivity index (χ4n) is 2.82. The molecule has 1 aliphatic rings. The first-order chi connectivity index (χ1) is 10.2. The zero-order valence-corrected chi connectivity index (χ0v) is 13.5.